The summed E-state index contributed by atoms with van der Waals surface area (Å²) in [7, 11) is 0. The van der Waals surface area contributed by atoms with Gasteiger partial charge in [0.1, 0.15) is 0 Å². The normalized spacial score (nSPS) is 12.1. The zero-order valence-corrected chi connectivity index (χ0v) is 12.7. The Balaban J connectivity index is 2.47. The van der Waals surface area contributed by atoms with Gasteiger partial charge in [0, 0.05) is 17.2 Å². The highest BCUT2D eigenvalue weighted by molar-refractivity contribution is 6.21. The Bertz CT molecular complexity index is 321. The van der Waals surface area contributed by atoms with E-state index in [0.29, 0.717) is 30.9 Å². The lowest BCUT2D eigenvalue weighted by molar-refractivity contribution is 0.0446. The molecule has 0 atom stereocenters. The summed E-state index contributed by atoms with van der Waals surface area (Å²) in [5, 5.41) is 0. The zero-order valence-electron chi connectivity index (χ0n) is 11.2. The van der Waals surface area contributed by atoms with Crippen LogP contribution in [0.5, 0.6) is 0 Å². The molecule has 18 heavy (non-hydrogen) atoms. The molecule has 0 bridgehead atoms. The maximum Gasteiger partial charge on any atom is 0.0717 e. The molecular formula is C15H22Cl2O. The van der Waals surface area contributed by atoms with Crippen LogP contribution >= 0.6 is 23.2 Å². The highest BCUT2D eigenvalue weighted by Gasteiger charge is 2.29. The van der Waals surface area contributed by atoms with E-state index in [0.717, 1.165) is 6.42 Å². The van der Waals surface area contributed by atoms with E-state index in [-0.39, 0.29) is 5.41 Å². The molecule has 1 aromatic carbocycles. The van der Waals surface area contributed by atoms with Crippen LogP contribution in [-0.2, 0) is 11.3 Å². The molecule has 0 aliphatic carbocycles. The lowest BCUT2D eigenvalue weighted by atomic mass is 9.84. The summed E-state index contributed by atoms with van der Waals surface area (Å²) in [4.78, 5) is 0. The van der Waals surface area contributed by atoms with E-state index < -0.39 is 0 Å². The molecule has 3 heteroatoms. The average molecular weight is 289 g/mol. The van der Waals surface area contributed by atoms with E-state index >= 15 is 0 Å². The van der Waals surface area contributed by atoms with Crippen LogP contribution in [-0.4, -0.2) is 18.4 Å². The summed E-state index contributed by atoms with van der Waals surface area (Å²) in [6, 6.07) is 10.2. The van der Waals surface area contributed by atoms with Crippen molar-refractivity contribution in [1.29, 1.82) is 0 Å². The third kappa shape index (κ3) is 5.17. The van der Waals surface area contributed by atoms with Crippen LogP contribution in [0.15, 0.2) is 30.3 Å². The van der Waals surface area contributed by atoms with E-state index in [9.17, 15) is 0 Å². The fourth-order valence-electron chi connectivity index (χ4n) is 2.11. The third-order valence-electron chi connectivity index (χ3n) is 2.93. The van der Waals surface area contributed by atoms with Crippen LogP contribution in [0.25, 0.3) is 0 Å². The number of rotatable bonds is 8. The van der Waals surface area contributed by atoms with Gasteiger partial charge in [0.05, 0.1) is 13.2 Å². The fourth-order valence-corrected chi connectivity index (χ4v) is 2.76. The highest BCUT2D eigenvalue weighted by Crippen LogP contribution is 2.30. The van der Waals surface area contributed by atoms with Crippen LogP contribution in [0, 0.1) is 11.3 Å². The van der Waals surface area contributed by atoms with Crippen LogP contribution in [0.1, 0.15) is 25.8 Å². The first-order valence-corrected chi connectivity index (χ1v) is 7.42. The molecule has 0 unspecified atom stereocenters. The molecule has 0 aromatic heterocycles. The van der Waals surface area contributed by atoms with E-state index in [2.05, 4.69) is 26.0 Å². The standard InChI is InChI=1S/C15H22Cl2O/c1-13(2)8-15(10-16,11-17)12-18-9-14-6-4-3-5-7-14/h3-7,13H,8-12H2,1-2H3. The van der Waals surface area contributed by atoms with Crippen molar-refractivity contribution in [3.05, 3.63) is 35.9 Å². The van der Waals surface area contributed by atoms with Gasteiger partial charge in [-0.15, -0.1) is 23.2 Å². The van der Waals surface area contributed by atoms with Gasteiger partial charge in [-0.25, -0.2) is 0 Å². The van der Waals surface area contributed by atoms with Crippen molar-refractivity contribution >= 4 is 23.2 Å². The Kier molecular flexibility index (Phi) is 7.06. The smallest absolute Gasteiger partial charge is 0.0717 e. The molecule has 0 fully saturated rings. The van der Waals surface area contributed by atoms with Crippen LogP contribution in [0.3, 0.4) is 0 Å². The second kappa shape index (κ2) is 8.04. The predicted molar refractivity (Wildman–Crippen MR) is 79.4 cm³/mol. The maximum atomic E-state index is 6.09. The first kappa shape index (κ1) is 15.8. The van der Waals surface area contributed by atoms with Gasteiger partial charge >= 0.3 is 0 Å². The maximum absolute atomic E-state index is 6.09. The van der Waals surface area contributed by atoms with Gasteiger partial charge in [-0.3, -0.25) is 0 Å². The molecule has 0 N–H and O–H groups in total. The fraction of sp³-hybridized carbons (Fsp3) is 0.600. The van der Waals surface area contributed by atoms with E-state index in [1.807, 2.05) is 18.2 Å². The zero-order chi connectivity index (χ0) is 13.4. The largest absolute Gasteiger partial charge is 0.376 e. The van der Waals surface area contributed by atoms with Crippen molar-refractivity contribution in [3.8, 4) is 0 Å². The van der Waals surface area contributed by atoms with Gasteiger partial charge in [0.2, 0.25) is 0 Å². The minimum Gasteiger partial charge on any atom is -0.376 e. The molecule has 0 amide bonds. The summed E-state index contributed by atoms with van der Waals surface area (Å²) in [6.45, 7) is 5.61. The number of halogens is 2. The third-order valence-corrected chi connectivity index (χ3v) is 4.06. The summed E-state index contributed by atoms with van der Waals surface area (Å²) >= 11 is 12.2. The van der Waals surface area contributed by atoms with Crippen LogP contribution in [0.4, 0.5) is 0 Å². The Hall–Kier alpha value is -0.240. The first-order valence-electron chi connectivity index (χ1n) is 6.35. The van der Waals surface area contributed by atoms with Gasteiger partial charge < -0.3 is 4.74 Å². The highest BCUT2D eigenvalue weighted by atomic mass is 35.5. The number of hydrogen-bond donors (Lipinski definition) is 0. The quantitative estimate of drug-likeness (QED) is 0.630. The molecule has 102 valence electrons. The molecule has 0 aliphatic rings. The molecule has 0 aliphatic heterocycles. The SMILES string of the molecule is CC(C)CC(CCl)(CCl)COCc1ccccc1. The lowest BCUT2D eigenvalue weighted by Crippen LogP contribution is -2.32. The minimum absolute atomic E-state index is 0.105. The molecule has 1 nitrogen and oxygen atoms in total. The van der Waals surface area contributed by atoms with Crippen LogP contribution < -0.4 is 0 Å². The molecule has 0 heterocycles. The van der Waals surface area contributed by atoms with Crippen molar-refractivity contribution in [2.45, 2.75) is 26.9 Å². The number of alkyl halides is 2. The summed E-state index contributed by atoms with van der Waals surface area (Å²) in [6.07, 6.45) is 0.995. The Morgan fingerprint density at radius 2 is 1.72 bits per heavy atom. The van der Waals surface area contributed by atoms with Gasteiger partial charge in [-0.1, -0.05) is 44.2 Å². The van der Waals surface area contributed by atoms with E-state index in [1.54, 1.807) is 0 Å². The van der Waals surface area contributed by atoms with Crippen LogP contribution in [0.2, 0.25) is 0 Å². The second-order valence-electron chi connectivity index (χ2n) is 5.34. The first-order chi connectivity index (χ1) is 8.62. The van der Waals surface area contributed by atoms with Gasteiger partial charge in [0.15, 0.2) is 0 Å². The molecular weight excluding hydrogens is 267 g/mol. The van der Waals surface area contributed by atoms with Gasteiger partial charge in [-0.05, 0) is 17.9 Å². The summed E-state index contributed by atoms with van der Waals surface area (Å²) in [5.74, 6) is 1.66. The molecule has 0 saturated carbocycles. The topological polar surface area (TPSA) is 9.23 Å². The number of ether oxygens (including phenoxy) is 1. The second-order valence-corrected chi connectivity index (χ2v) is 5.88. The van der Waals surface area contributed by atoms with Crippen molar-refractivity contribution in [2.24, 2.45) is 11.3 Å². The van der Waals surface area contributed by atoms with Crippen molar-refractivity contribution in [2.75, 3.05) is 18.4 Å². The number of hydrogen-bond acceptors (Lipinski definition) is 1. The molecule has 1 rings (SSSR count). The Labute approximate surface area is 120 Å². The lowest BCUT2D eigenvalue weighted by Gasteiger charge is -2.31. The average Bonchev–Trinajstić information content (AvgIpc) is 2.38. The molecule has 0 radical (unpaired) electrons. The monoisotopic (exact) mass is 288 g/mol. The van der Waals surface area contributed by atoms with Crippen molar-refractivity contribution in [3.63, 3.8) is 0 Å². The Morgan fingerprint density at radius 1 is 1.11 bits per heavy atom. The van der Waals surface area contributed by atoms with E-state index in [1.165, 1.54) is 5.56 Å². The summed E-state index contributed by atoms with van der Waals surface area (Å²) < 4.78 is 5.80. The molecule has 0 spiro atoms. The van der Waals surface area contributed by atoms with E-state index in [4.69, 9.17) is 27.9 Å². The number of benzene rings is 1. The van der Waals surface area contributed by atoms with Crippen molar-refractivity contribution < 1.29 is 4.74 Å². The van der Waals surface area contributed by atoms with Gasteiger partial charge in [-0.2, -0.15) is 0 Å². The molecule has 0 saturated heterocycles. The summed E-state index contributed by atoms with van der Waals surface area (Å²) in [5.41, 5.74) is 1.08. The molecule has 1 aromatic rings. The van der Waals surface area contributed by atoms with Crippen molar-refractivity contribution in [1.82, 2.24) is 0 Å². The Morgan fingerprint density at radius 3 is 2.22 bits per heavy atom. The predicted octanol–water partition coefficient (Wildman–Crippen LogP) is 4.71. The van der Waals surface area contributed by atoms with Gasteiger partial charge in [0.25, 0.3) is 0 Å². The minimum atomic E-state index is -0.105.